The summed E-state index contributed by atoms with van der Waals surface area (Å²) in [5.41, 5.74) is 3.88. The Bertz CT molecular complexity index is 1090. The van der Waals surface area contributed by atoms with Crippen LogP contribution in [0, 0.1) is 23.1 Å². The fraction of sp³-hybridized carbons (Fsp3) is 0.552. The summed E-state index contributed by atoms with van der Waals surface area (Å²) in [6, 6.07) is 10.9. The monoisotopic (exact) mass is 480 g/mol. The van der Waals surface area contributed by atoms with Gasteiger partial charge in [-0.3, -0.25) is 4.90 Å². The van der Waals surface area contributed by atoms with Crippen molar-refractivity contribution in [2.45, 2.75) is 59.1 Å². The van der Waals surface area contributed by atoms with Gasteiger partial charge in [0.2, 0.25) is 0 Å². The van der Waals surface area contributed by atoms with Crippen LogP contribution in [0.15, 0.2) is 36.4 Å². The molecule has 0 aromatic heterocycles. The number of benzene rings is 2. The van der Waals surface area contributed by atoms with Crippen LogP contribution in [-0.2, 0) is 11.2 Å². The summed E-state index contributed by atoms with van der Waals surface area (Å²) in [4.78, 5) is 15.3. The van der Waals surface area contributed by atoms with E-state index in [2.05, 4.69) is 50.0 Å². The molecule has 0 radical (unpaired) electrons. The lowest BCUT2D eigenvalue weighted by molar-refractivity contribution is -0.0348. The second-order valence-electron chi connectivity index (χ2n) is 11.6. The zero-order valence-corrected chi connectivity index (χ0v) is 21.3. The molecule has 35 heavy (non-hydrogen) atoms. The van der Waals surface area contributed by atoms with Crippen molar-refractivity contribution in [3.8, 4) is 16.9 Å². The van der Waals surface area contributed by atoms with E-state index in [0.717, 1.165) is 55.6 Å². The second kappa shape index (κ2) is 9.45. The van der Waals surface area contributed by atoms with Crippen LogP contribution in [0.25, 0.3) is 11.1 Å². The van der Waals surface area contributed by atoms with E-state index >= 15 is 0 Å². The van der Waals surface area contributed by atoms with Crippen molar-refractivity contribution in [1.82, 2.24) is 10.2 Å². The molecule has 1 aliphatic carbocycles. The molecule has 6 heteroatoms. The Morgan fingerprint density at radius 2 is 1.91 bits per heavy atom. The first-order chi connectivity index (χ1) is 16.7. The lowest BCUT2D eigenvalue weighted by Gasteiger charge is -2.44. The SMILES string of the molecule is CC(C)COc1cc(F)cc(-c2ccc3c(c2)CC(C)(C)[C@H]3NC(=O)O[C@@H]2CN3CCC2CC3)c1. The molecule has 5 nitrogen and oxygen atoms in total. The third kappa shape index (κ3) is 5.18. The van der Waals surface area contributed by atoms with Gasteiger partial charge in [0.15, 0.2) is 0 Å². The molecule has 2 aromatic rings. The molecule has 188 valence electrons. The minimum Gasteiger partial charge on any atom is -0.493 e. The fourth-order valence-electron chi connectivity index (χ4n) is 5.92. The number of carbonyl (C=O) groups is 1. The maximum atomic E-state index is 14.3. The van der Waals surface area contributed by atoms with Gasteiger partial charge in [-0.2, -0.15) is 0 Å². The maximum absolute atomic E-state index is 14.3. The Morgan fingerprint density at radius 3 is 2.60 bits per heavy atom. The van der Waals surface area contributed by atoms with E-state index < -0.39 is 0 Å². The zero-order valence-electron chi connectivity index (χ0n) is 21.3. The van der Waals surface area contributed by atoms with E-state index in [-0.39, 0.29) is 29.5 Å². The van der Waals surface area contributed by atoms with Crippen LogP contribution in [-0.4, -0.2) is 43.3 Å². The molecule has 6 rings (SSSR count). The topological polar surface area (TPSA) is 50.8 Å². The molecule has 2 atom stereocenters. The average Bonchev–Trinajstić information content (AvgIpc) is 3.06. The number of ether oxygens (including phenoxy) is 2. The Balaban J connectivity index is 1.32. The zero-order chi connectivity index (χ0) is 24.7. The summed E-state index contributed by atoms with van der Waals surface area (Å²) in [6.07, 6.45) is 2.72. The highest BCUT2D eigenvalue weighted by atomic mass is 19.1. The number of hydrogen-bond acceptors (Lipinski definition) is 4. The van der Waals surface area contributed by atoms with Gasteiger partial charge in [0.25, 0.3) is 0 Å². The molecule has 2 aromatic carbocycles. The summed E-state index contributed by atoms with van der Waals surface area (Å²) in [7, 11) is 0. The number of piperidine rings is 3. The number of halogens is 1. The van der Waals surface area contributed by atoms with E-state index in [1.54, 1.807) is 6.07 Å². The normalized spacial score (nSPS) is 26.5. The number of nitrogens with one attached hydrogen (secondary N) is 1. The second-order valence-corrected chi connectivity index (χ2v) is 11.6. The molecule has 3 heterocycles. The Kier molecular flexibility index (Phi) is 6.51. The predicted molar refractivity (Wildman–Crippen MR) is 135 cm³/mol. The van der Waals surface area contributed by atoms with Crippen molar-refractivity contribution in [2.75, 3.05) is 26.2 Å². The van der Waals surface area contributed by atoms with Crippen molar-refractivity contribution in [3.05, 3.63) is 53.3 Å². The van der Waals surface area contributed by atoms with Crippen LogP contribution in [0.2, 0.25) is 0 Å². The first-order valence-electron chi connectivity index (χ1n) is 12.9. The molecule has 1 N–H and O–H groups in total. The Labute approximate surface area is 208 Å². The molecule has 0 unspecified atom stereocenters. The standard InChI is InChI=1S/C29H37FN2O3/c1-18(2)17-34-24-13-21(12-23(30)14-24)20-5-6-25-22(11-20)15-29(3,4)27(25)31-28(33)35-26-16-32-9-7-19(26)8-10-32/h5-6,11-14,18-19,26-27H,7-10,15-17H2,1-4H3,(H,31,33)/t26-,27+/m1/s1. The van der Waals surface area contributed by atoms with Crippen molar-refractivity contribution in [3.63, 3.8) is 0 Å². The highest BCUT2D eigenvalue weighted by molar-refractivity contribution is 5.70. The summed E-state index contributed by atoms with van der Waals surface area (Å²) < 4.78 is 26.0. The molecule has 3 aliphatic heterocycles. The average molecular weight is 481 g/mol. The molecule has 1 amide bonds. The van der Waals surface area contributed by atoms with Gasteiger partial charge in [-0.15, -0.1) is 0 Å². The Morgan fingerprint density at radius 1 is 1.14 bits per heavy atom. The quantitative estimate of drug-likeness (QED) is 0.553. The number of carbonyl (C=O) groups excluding carboxylic acids is 1. The largest absolute Gasteiger partial charge is 0.493 e. The van der Waals surface area contributed by atoms with Gasteiger partial charge in [-0.25, -0.2) is 9.18 Å². The van der Waals surface area contributed by atoms with Gasteiger partial charge in [0, 0.05) is 12.6 Å². The smallest absolute Gasteiger partial charge is 0.407 e. The highest BCUT2D eigenvalue weighted by Gasteiger charge is 2.42. The van der Waals surface area contributed by atoms with E-state index in [1.165, 1.54) is 11.6 Å². The van der Waals surface area contributed by atoms with Crippen molar-refractivity contribution >= 4 is 6.09 Å². The Hall–Kier alpha value is -2.60. The van der Waals surface area contributed by atoms with Gasteiger partial charge < -0.3 is 14.8 Å². The maximum Gasteiger partial charge on any atom is 0.407 e. The van der Waals surface area contributed by atoms with Crippen LogP contribution in [0.4, 0.5) is 9.18 Å². The molecule has 4 aliphatic rings. The molecule has 0 spiro atoms. The minimum absolute atomic E-state index is 0.0102. The third-order valence-corrected chi connectivity index (χ3v) is 7.79. The molecule has 3 fully saturated rings. The van der Waals surface area contributed by atoms with Gasteiger partial charge in [-0.05, 0) is 84.0 Å². The first-order valence-corrected chi connectivity index (χ1v) is 12.9. The lowest BCUT2D eigenvalue weighted by Crippen LogP contribution is -2.53. The van der Waals surface area contributed by atoms with E-state index in [9.17, 15) is 9.18 Å². The summed E-state index contributed by atoms with van der Waals surface area (Å²) in [5.74, 6) is 1.09. The number of rotatable bonds is 6. The number of amides is 1. The minimum atomic E-state index is -0.323. The van der Waals surface area contributed by atoms with Crippen molar-refractivity contribution in [1.29, 1.82) is 0 Å². The lowest BCUT2D eigenvalue weighted by atomic mass is 9.85. The predicted octanol–water partition coefficient (Wildman–Crippen LogP) is 5.97. The molecule has 3 saturated heterocycles. The number of alkyl carbamates (subject to hydrolysis) is 1. The molecular weight excluding hydrogens is 443 g/mol. The highest BCUT2D eigenvalue weighted by Crippen LogP contribution is 2.46. The number of nitrogens with zero attached hydrogens (tertiary/aromatic N) is 1. The van der Waals surface area contributed by atoms with Crippen LogP contribution in [0.3, 0.4) is 0 Å². The third-order valence-electron chi connectivity index (χ3n) is 7.79. The van der Waals surface area contributed by atoms with Gasteiger partial charge in [0.05, 0.1) is 12.6 Å². The summed E-state index contributed by atoms with van der Waals surface area (Å²) in [6.45, 7) is 12.1. The molecular formula is C29H37FN2O3. The van der Waals surface area contributed by atoms with Gasteiger partial charge in [0.1, 0.15) is 17.7 Å². The van der Waals surface area contributed by atoms with E-state index in [1.807, 2.05) is 12.1 Å². The fourth-order valence-corrected chi connectivity index (χ4v) is 5.92. The van der Waals surface area contributed by atoms with Crippen LogP contribution >= 0.6 is 0 Å². The van der Waals surface area contributed by atoms with Gasteiger partial charge in [-0.1, -0.05) is 45.9 Å². The summed E-state index contributed by atoms with van der Waals surface area (Å²) in [5, 5.41) is 3.18. The summed E-state index contributed by atoms with van der Waals surface area (Å²) >= 11 is 0. The van der Waals surface area contributed by atoms with Crippen LogP contribution < -0.4 is 10.1 Å². The van der Waals surface area contributed by atoms with Gasteiger partial charge >= 0.3 is 6.09 Å². The van der Waals surface area contributed by atoms with E-state index in [4.69, 9.17) is 9.47 Å². The van der Waals surface area contributed by atoms with Crippen LogP contribution in [0.5, 0.6) is 5.75 Å². The van der Waals surface area contributed by atoms with Crippen molar-refractivity contribution < 1.29 is 18.7 Å². The molecule has 2 bridgehead atoms. The van der Waals surface area contributed by atoms with Crippen LogP contribution in [0.1, 0.15) is 57.7 Å². The first kappa shape index (κ1) is 24.1. The molecule has 0 saturated carbocycles. The number of fused-ring (bicyclic) bond motifs is 4. The van der Waals surface area contributed by atoms with E-state index in [0.29, 0.717) is 24.2 Å². The number of hydrogen-bond donors (Lipinski definition) is 1. The van der Waals surface area contributed by atoms with Crippen molar-refractivity contribution in [2.24, 2.45) is 17.3 Å².